The maximum Gasteiger partial charge on any atom is 0.282 e. The number of nitrogens with one attached hydrogen (secondary N) is 1. The summed E-state index contributed by atoms with van der Waals surface area (Å²) >= 11 is 0. The summed E-state index contributed by atoms with van der Waals surface area (Å²) in [4.78, 5) is 12.1. The summed E-state index contributed by atoms with van der Waals surface area (Å²) in [5, 5.41) is 5.93. The number of amides is 1. The summed E-state index contributed by atoms with van der Waals surface area (Å²) in [6, 6.07) is 17.2. The number of rotatable bonds is 6. The summed E-state index contributed by atoms with van der Waals surface area (Å²) in [6.07, 6.45) is -6.00. The lowest BCUT2D eigenvalue weighted by Crippen LogP contribution is -2.21. The van der Waals surface area contributed by atoms with Crippen molar-refractivity contribution < 1.29 is 22.4 Å². The maximum atomic E-state index is 12.9. The number of carbonyl (C=O) groups is 1. The molecule has 0 saturated carbocycles. The highest BCUT2D eigenvalue weighted by Gasteiger charge is 2.22. The molecular weight excluding hydrogens is 362 g/mol. The lowest BCUT2D eigenvalue weighted by Gasteiger charge is -2.09. The van der Waals surface area contributed by atoms with E-state index in [1.807, 2.05) is 30.3 Å². The van der Waals surface area contributed by atoms with E-state index in [2.05, 4.69) is 10.4 Å². The summed E-state index contributed by atoms with van der Waals surface area (Å²) < 4.78 is 51.8. The van der Waals surface area contributed by atoms with Gasteiger partial charge < -0.3 is 5.32 Å². The van der Waals surface area contributed by atoms with Crippen molar-refractivity contribution in [3.63, 3.8) is 0 Å². The van der Waals surface area contributed by atoms with Gasteiger partial charge in [-0.1, -0.05) is 42.5 Å². The SMILES string of the molecule is O=C(Cn1nc(C(F)F)cc1C(F)F)Nc1ccc(-c2ccccc2)cc1. The zero-order valence-electron chi connectivity index (χ0n) is 13.9. The van der Waals surface area contributed by atoms with Crippen molar-refractivity contribution in [1.29, 1.82) is 0 Å². The van der Waals surface area contributed by atoms with Crippen LogP contribution in [0.3, 0.4) is 0 Å². The summed E-state index contributed by atoms with van der Waals surface area (Å²) in [5.74, 6) is -0.645. The van der Waals surface area contributed by atoms with Crippen molar-refractivity contribution in [2.24, 2.45) is 0 Å². The fraction of sp³-hybridized carbons (Fsp3) is 0.158. The largest absolute Gasteiger partial charge is 0.324 e. The quantitative estimate of drug-likeness (QED) is 0.610. The third-order valence-electron chi connectivity index (χ3n) is 3.85. The first kappa shape index (κ1) is 18.6. The van der Waals surface area contributed by atoms with Crippen molar-refractivity contribution in [3.8, 4) is 11.1 Å². The molecule has 0 aliphatic heterocycles. The second-order valence-electron chi connectivity index (χ2n) is 5.74. The van der Waals surface area contributed by atoms with E-state index in [-0.39, 0.29) is 0 Å². The van der Waals surface area contributed by atoms with E-state index >= 15 is 0 Å². The van der Waals surface area contributed by atoms with Gasteiger partial charge in [-0.25, -0.2) is 17.6 Å². The Morgan fingerprint density at radius 2 is 1.56 bits per heavy atom. The normalized spacial score (nSPS) is 11.2. The van der Waals surface area contributed by atoms with E-state index in [9.17, 15) is 22.4 Å². The predicted molar refractivity (Wildman–Crippen MR) is 92.6 cm³/mol. The molecule has 1 aromatic heterocycles. The molecule has 3 aromatic rings. The second kappa shape index (κ2) is 8.03. The Kier molecular flexibility index (Phi) is 5.54. The standard InChI is InChI=1S/C19H15F4N3O/c20-18(21)15-10-16(19(22)23)26(25-15)11-17(27)24-14-8-6-13(7-9-14)12-4-2-1-3-5-12/h1-10,18-19H,11H2,(H,24,27). The van der Waals surface area contributed by atoms with Gasteiger partial charge in [-0.2, -0.15) is 5.10 Å². The molecule has 0 bridgehead atoms. The van der Waals surface area contributed by atoms with Crippen molar-refractivity contribution in [1.82, 2.24) is 9.78 Å². The van der Waals surface area contributed by atoms with Crippen LogP contribution in [-0.4, -0.2) is 15.7 Å². The summed E-state index contributed by atoms with van der Waals surface area (Å²) in [6.45, 7) is -0.590. The zero-order valence-corrected chi connectivity index (χ0v) is 13.9. The van der Waals surface area contributed by atoms with E-state index in [1.54, 1.807) is 24.3 Å². The van der Waals surface area contributed by atoms with E-state index in [0.717, 1.165) is 11.1 Å². The molecule has 0 unspecified atom stereocenters. The molecule has 1 heterocycles. The Hall–Kier alpha value is -3.16. The minimum atomic E-state index is -3.01. The minimum absolute atomic E-state index is 0.458. The van der Waals surface area contributed by atoms with Gasteiger partial charge in [0, 0.05) is 5.69 Å². The van der Waals surface area contributed by atoms with Crippen LogP contribution in [0, 0.1) is 0 Å². The Bertz CT molecular complexity index is 908. The molecule has 0 saturated heterocycles. The topological polar surface area (TPSA) is 46.9 Å². The van der Waals surface area contributed by atoms with Crippen LogP contribution in [0.1, 0.15) is 24.2 Å². The van der Waals surface area contributed by atoms with Gasteiger partial charge in [0.25, 0.3) is 12.9 Å². The lowest BCUT2D eigenvalue weighted by atomic mass is 10.1. The Morgan fingerprint density at radius 3 is 2.15 bits per heavy atom. The molecule has 0 fully saturated rings. The van der Waals surface area contributed by atoms with Crippen molar-refractivity contribution in [2.75, 3.05) is 5.32 Å². The van der Waals surface area contributed by atoms with Gasteiger partial charge in [0.15, 0.2) is 0 Å². The molecule has 1 N–H and O–H groups in total. The number of hydrogen-bond acceptors (Lipinski definition) is 2. The van der Waals surface area contributed by atoms with Gasteiger partial charge in [-0.3, -0.25) is 9.48 Å². The first-order chi connectivity index (χ1) is 12.9. The highest BCUT2D eigenvalue weighted by Crippen LogP contribution is 2.25. The molecule has 27 heavy (non-hydrogen) atoms. The number of nitrogens with zero attached hydrogens (tertiary/aromatic N) is 2. The number of alkyl halides is 4. The van der Waals surface area contributed by atoms with E-state index in [0.29, 0.717) is 16.4 Å². The maximum absolute atomic E-state index is 12.9. The van der Waals surface area contributed by atoms with Gasteiger partial charge in [0.1, 0.15) is 17.9 Å². The zero-order chi connectivity index (χ0) is 19.4. The van der Waals surface area contributed by atoms with E-state index in [1.165, 1.54) is 0 Å². The number of aromatic nitrogens is 2. The van der Waals surface area contributed by atoms with Crippen LogP contribution in [-0.2, 0) is 11.3 Å². The van der Waals surface area contributed by atoms with Crippen LogP contribution in [0.4, 0.5) is 23.2 Å². The fourth-order valence-electron chi connectivity index (χ4n) is 2.57. The van der Waals surface area contributed by atoms with Gasteiger partial charge in [0.05, 0.1) is 0 Å². The summed E-state index contributed by atoms with van der Waals surface area (Å²) in [7, 11) is 0. The average molecular weight is 377 g/mol. The molecule has 0 aliphatic rings. The van der Waals surface area contributed by atoms with Crippen LogP contribution in [0.5, 0.6) is 0 Å². The monoisotopic (exact) mass is 377 g/mol. The second-order valence-corrected chi connectivity index (χ2v) is 5.74. The van der Waals surface area contributed by atoms with E-state index in [4.69, 9.17) is 0 Å². The van der Waals surface area contributed by atoms with Crippen LogP contribution in [0.2, 0.25) is 0 Å². The van der Waals surface area contributed by atoms with Crippen LogP contribution in [0.15, 0.2) is 60.7 Å². The molecule has 0 atom stereocenters. The lowest BCUT2D eigenvalue weighted by molar-refractivity contribution is -0.117. The van der Waals surface area contributed by atoms with Gasteiger partial charge >= 0.3 is 0 Å². The smallest absolute Gasteiger partial charge is 0.282 e. The Balaban J connectivity index is 1.69. The molecule has 3 rings (SSSR count). The van der Waals surface area contributed by atoms with E-state index < -0.39 is 36.7 Å². The minimum Gasteiger partial charge on any atom is -0.324 e. The molecule has 140 valence electrons. The van der Waals surface area contributed by atoms with Crippen molar-refractivity contribution in [2.45, 2.75) is 19.4 Å². The number of hydrogen-bond donors (Lipinski definition) is 1. The van der Waals surface area contributed by atoms with Crippen molar-refractivity contribution in [3.05, 3.63) is 72.1 Å². The van der Waals surface area contributed by atoms with Gasteiger partial charge in [-0.05, 0) is 29.3 Å². The number of halogens is 4. The first-order valence-corrected chi connectivity index (χ1v) is 8.03. The molecular formula is C19H15F4N3O. The Labute approximate surface area is 152 Å². The molecule has 0 spiro atoms. The number of anilines is 1. The average Bonchev–Trinajstić information content (AvgIpc) is 3.07. The molecule has 4 nitrogen and oxygen atoms in total. The molecule has 0 aliphatic carbocycles. The highest BCUT2D eigenvalue weighted by atomic mass is 19.3. The fourth-order valence-corrected chi connectivity index (χ4v) is 2.57. The van der Waals surface area contributed by atoms with Gasteiger partial charge in [-0.15, -0.1) is 0 Å². The molecule has 0 radical (unpaired) electrons. The predicted octanol–water partition coefficient (Wildman–Crippen LogP) is 5.06. The molecule has 2 aromatic carbocycles. The van der Waals surface area contributed by atoms with Crippen LogP contribution < -0.4 is 5.32 Å². The molecule has 1 amide bonds. The molecule has 8 heteroatoms. The Morgan fingerprint density at radius 1 is 0.926 bits per heavy atom. The van der Waals surface area contributed by atoms with Crippen molar-refractivity contribution >= 4 is 11.6 Å². The number of carbonyl (C=O) groups excluding carboxylic acids is 1. The third kappa shape index (κ3) is 4.52. The van der Waals surface area contributed by atoms with Crippen LogP contribution >= 0.6 is 0 Å². The first-order valence-electron chi connectivity index (χ1n) is 8.03. The van der Waals surface area contributed by atoms with Crippen LogP contribution in [0.25, 0.3) is 11.1 Å². The third-order valence-corrected chi connectivity index (χ3v) is 3.85. The highest BCUT2D eigenvalue weighted by molar-refractivity contribution is 5.90. The number of benzene rings is 2. The summed E-state index contributed by atoms with van der Waals surface area (Å²) in [5.41, 5.74) is 0.903. The van der Waals surface area contributed by atoms with Gasteiger partial charge in [0.2, 0.25) is 5.91 Å².